The van der Waals surface area contributed by atoms with E-state index in [-0.39, 0.29) is 12.1 Å². The third kappa shape index (κ3) is 3.29. The predicted molar refractivity (Wildman–Crippen MR) is 64.2 cm³/mol. The fraction of sp³-hybridized carbons (Fsp3) is 0.615. The highest BCUT2D eigenvalue weighted by Gasteiger charge is 2.21. The van der Waals surface area contributed by atoms with Gasteiger partial charge in [0.15, 0.2) is 0 Å². The molecule has 0 aliphatic heterocycles. The number of hydrogen-bond donors (Lipinski definition) is 2. The molecule has 0 radical (unpaired) electrons. The van der Waals surface area contributed by atoms with E-state index >= 15 is 0 Å². The monoisotopic (exact) mass is 220 g/mol. The summed E-state index contributed by atoms with van der Waals surface area (Å²) in [6.45, 7) is 0.902. The first kappa shape index (κ1) is 11.6. The third-order valence-electron chi connectivity index (χ3n) is 3.24. The zero-order chi connectivity index (χ0) is 11.2. The topological polar surface area (TPSA) is 45.1 Å². The summed E-state index contributed by atoms with van der Waals surface area (Å²) in [7, 11) is 0. The van der Waals surface area contributed by atoms with Gasteiger partial charge < -0.3 is 10.4 Å². The molecule has 0 saturated heterocycles. The van der Waals surface area contributed by atoms with Crippen LogP contribution in [0.15, 0.2) is 24.4 Å². The molecule has 1 aromatic rings. The molecule has 2 N–H and O–H groups in total. The lowest BCUT2D eigenvalue weighted by Crippen LogP contribution is -2.42. The summed E-state index contributed by atoms with van der Waals surface area (Å²) in [5, 5.41) is 13.2. The first-order chi connectivity index (χ1) is 7.86. The molecule has 0 unspecified atom stereocenters. The van der Waals surface area contributed by atoms with Crippen molar-refractivity contribution in [2.75, 3.05) is 6.54 Å². The van der Waals surface area contributed by atoms with Gasteiger partial charge in [-0.05, 0) is 25.0 Å². The molecule has 1 saturated carbocycles. The van der Waals surface area contributed by atoms with Gasteiger partial charge in [-0.3, -0.25) is 4.98 Å². The fourth-order valence-electron chi connectivity index (χ4n) is 2.28. The number of nitrogens with zero attached hydrogens (tertiary/aromatic N) is 1. The van der Waals surface area contributed by atoms with Crippen molar-refractivity contribution in [3.63, 3.8) is 0 Å². The van der Waals surface area contributed by atoms with E-state index < -0.39 is 0 Å². The van der Waals surface area contributed by atoms with E-state index in [4.69, 9.17) is 0 Å². The van der Waals surface area contributed by atoms with Gasteiger partial charge >= 0.3 is 0 Å². The van der Waals surface area contributed by atoms with Gasteiger partial charge in [0.25, 0.3) is 0 Å². The average molecular weight is 220 g/mol. The lowest BCUT2D eigenvalue weighted by Gasteiger charge is -2.28. The minimum absolute atomic E-state index is 0.155. The Labute approximate surface area is 96.9 Å². The Morgan fingerprint density at radius 3 is 2.94 bits per heavy atom. The van der Waals surface area contributed by atoms with E-state index in [1.54, 1.807) is 0 Å². The van der Waals surface area contributed by atoms with E-state index in [9.17, 15) is 5.11 Å². The van der Waals surface area contributed by atoms with Gasteiger partial charge in [0.2, 0.25) is 0 Å². The quantitative estimate of drug-likeness (QED) is 0.808. The van der Waals surface area contributed by atoms with E-state index in [2.05, 4.69) is 10.3 Å². The molecule has 88 valence electrons. The van der Waals surface area contributed by atoms with Crippen molar-refractivity contribution in [2.24, 2.45) is 0 Å². The van der Waals surface area contributed by atoms with Crippen molar-refractivity contribution < 1.29 is 5.11 Å². The number of nitrogens with one attached hydrogen (secondary N) is 1. The Bertz CT molecular complexity index is 302. The molecule has 1 fully saturated rings. The second-order valence-electron chi connectivity index (χ2n) is 4.48. The molecule has 0 bridgehead atoms. The van der Waals surface area contributed by atoms with Crippen LogP contribution in [0.5, 0.6) is 0 Å². The van der Waals surface area contributed by atoms with E-state index in [0.717, 1.165) is 31.5 Å². The molecular weight excluding hydrogens is 200 g/mol. The number of aliphatic hydroxyl groups is 1. The van der Waals surface area contributed by atoms with E-state index in [1.807, 2.05) is 24.4 Å². The maximum Gasteiger partial charge on any atom is 0.0693 e. The summed E-state index contributed by atoms with van der Waals surface area (Å²) >= 11 is 0. The SMILES string of the molecule is O[C@@H]1CCCC[C@H]1NCCc1ccccn1. The van der Waals surface area contributed by atoms with Crippen LogP contribution < -0.4 is 5.32 Å². The Morgan fingerprint density at radius 1 is 1.31 bits per heavy atom. The molecule has 1 aliphatic rings. The molecular formula is C13H20N2O. The number of aromatic nitrogens is 1. The Kier molecular flexibility index (Phi) is 4.31. The molecule has 2 atom stereocenters. The standard InChI is InChI=1S/C13H20N2O/c16-13-7-2-1-6-12(13)15-10-8-11-5-3-4-9-14-11/h3-5,9,12-13,15-16H,1-2,6-8,10H2/t12-,13-/m1/s1. The Morgan fingerprint density at radius 2 is 2.19 bits per heavy atom. The van der Waals surface area contributed by atoms with Crippen LogP contribution in [0.1, 0.15) is 31.4 Å². The van der Waals surface area contributed by atoms with Gasteiger partial charge in [0.05, 0.1) is 6.10 Å². The number of aliphatic hydroxyl groups excluding tert-OH is 1. The number of pyridine rings is 1. The predicted octanol–water partition coefficient (Wildman–Crippen LogP) is 1.52. The van der Waals surface area contributed by atoms with Crippen LogP contribution in [0.4, 0.5) is 0 Å². The average Bonchev–Trinajstić information content (AvgIpc) is 2.33. The van der Waals surface area contributed by atoms with Crippen LogP contribution in [0, 0.1) is 0 Å². The molecule has 0 spiro atoms. The van der Waals surface area contributed by atoms with Gasteiger partial charge in [0.1, 0.15) is 0 Å². The van der Waals surface area contributed by atoms with Gasteiger partial charge in [-0.15, -0.1) is 0 Å². The molecule has 0 amide bonds. The number of hydrogen-bond acceptors (Lipinski definition) is 3. The van der Waals surface area contributed by atoms with Crippen LogP contribution in [0.25, 0.3) is 0 Å². The molecule has 3 nitrogen and oxygen atoms in total. The number of rotatable bonds is 4. The molecule has 16 heavy (non-hydrogen) atoms. The normalized spacial score (nSPS) is 25.6. The molecule has 1 aromatic heterocycles. The zero-order valence-electron chi connectivity index (χ0n) is 9.60. The van der Waals surface area contributed by atoms with Crippen molar-refractivity contribution in [1.29, 1.82) is 0 Å². The van der Waals surface area contributed by atoms with Crippen molar-refractivity contribution >= 4 is 0 Å². The summed E-state index contributed by atoms with van der Waals surface area (Å²) in [5.41, 5.74) is 1.11. The minimum Gasteiger partial charge on any atom is -0.392 e. The van der Waals surface area contributed by atoms with Crippen molar-refractivity contribution in [3.05, 3.63) is 30.1 Å². The maximum absolute atomic E-state index is 9.79. The van der Waals surface area contributed by atoms with Crippen LogP contribution in [0.2, 0.25) is 0 Å². The smallest absolute Gasteiger partial charge is 0.0693 e. The summed E-state index contributed by atoms with van der Waals surface area (Å²) in [5.74, 6) is 0. The maximum atomic E-state index is 9.79. The fourth-order valence-corrected chi connectivity index (χ4v) is 2.28. The second kappa shape index (κ2) is 5.97. The summed E-state index contributed by atoms with van der Waals surface area (Å²) in [6, 6.07) is 6.27. The highest BCUT2D eigenvalue weighted by molar-refractivity contribution is 5.03. The zero-order valence-corrected chi connectivity index (χ0v) is 9.60. The first-order valence-corrected chi connectivity index (χ1v) is 6.17. The largest absolute Gasteiger partial charge is 0.392 e. The summed E-state index contributed by atoms with van der Waals surface area (Å²) < 4.78 is 0. The van der Waals surface area contributed by atoms with Crippen molar-refractivity contribution in [1.82, 2.24) is 10.3 Å². The molecule has 1 heterocycles. The molecule has 3 heteroatoms. The van der Waals surface area contributed by atoms with Crippen LogP contribution >= 0.6 is 0 Å². The molecule has 0 aromatic carbocycles. The van der Waals surface area contributed by atoms with Gasteiger partial charge in [-0.2, -0.15) is 0 Å². The highest BCUT2D eigenvalue weighted by atomic mass is 16.3. The van der Waals surface area contributed by atoms with Crippen LogP contribution in [-0.4, -0.2) is 28.8 Å². The van der Waals surface area contributed by atoms with Crippen LogP contribution in [0.3, 0.4) is 0 Å². The minimum atomic E-state index is -0.155. The highest BCUT2D eigenvalue weighted by Crippen LogP contribution is 2.18. The lowest BCUT2D eigenvalue weighted by molar-refractivity contribution is 0.0913. The summed E-state index contributed by atoms with van der Waals surface area (Å²) in [4.78, 5) is 4.28. The van der Waals surface area contributed by atoms with Crippen molar-refractivity contribution in [2.45, 2.75) is 44.2 Å². The van der Waals surface area contributed by atoms with Crippen LogP contribution in [-0.2, 0) is 6.42 Å². The van der Waals surface area contributed by atoms with Gasteiger partial charge in [-0.1, -0.05) is 18.9 Å². The van der Waals surface area contributed by atoms with E-state index in [0.29, 0.717) is 0 Å². The van der Waals surface area contributed by atoms with Crippen molar-refractivity contribution in [3.8, 4) is 0 Å². The first-order valence-electron chi connectivity index (χ1n) is 6.17. The second-order valence-corrected chi connectivity index (χ2v) is 4.48. The Balaban J connectivity index is 1.71. The molecule has 1 aliphatic carbocycles. The Hall–Kier alpha value is -0.930. The molecule has 2 rings (SSSR count). The lowest BCUT2D eigenvalue weighted by atomic mass is 9.92. The van der Waals surface area contributed by atoms with E-state index in [1.165, 1.54) is 12.8 Å². The third-order valence-corrected chi connectivity index (χ3v) is 3.24. The van der Waals surface area contributed by atoms with Gasteiger partial charge in [0, 0.05) is 30.9 Å². The van der Waals surface area contributed by atoms with Gasteiger partial charge in [-0.25, -0.2) is 0 Å². The summed E-state index contributed by atoms with van der Waals surface area (Å²) in [6.07, 6.45) is 7.05.